The number of thioether (sulfide) groups is 1. The molecule has 1 N–H and O–H groups in total. The van der Waals surface area contributed by atoms with Gasteiger partial charge >= 0.3 is 5.97 Å². The largest absolute Gasteiger partial charge is 0.504 e. The third-order valence-electron chi connectivity index (χ3n) is 3.64. The highest BCUT2D eigenvalue weighted by Crippen LogP contribution is 2.39. The summed E-state index contributed by atoms with van der Waals surface area (Å²) in [4.78, 5) is 47.2. The van der Waals surface area contributed by atoms with E-state index in [0.29, 0.717) is 11.8 Å². The van der Waals surface area contributed by atoms with Crippen LogP contribution in [0.25, 0.3) is 6.08 Å². The lowest BCUT2D eigenvalue weighted by molar-refractivity contribution is -0.385. The number of carbonyl (C=O) groups excluding carboxylic acids is 3. The number of nitro groups is 1. The fourth-order valence-corrected chi connectivity index (χ4v) is 3.23. The van der Waals surface area contributed by atoms with Gasteiger partial charge in [0, 0.05) is 11.6 Å². The van der Waals surface area contributed by atoms with Crippen LogP contribution in [0.15, 0.2) is 17.0 Å². The Kier molecular flexibility index (Phi) is 6.05. The van der Waals surface area contributed by atoms with E-state index >= 15 is 0 Å². The molecule has 1 fully saturated rings. The fourth-order valence-electron chi connectivity index (χ4n) is 2.33. The van der Waals surface area contributed by atoms with Crippen molar-refractivity contribution in [3.05, 3.63) is 32.7 Å². The molecular weight excluding hydrogens is 380 g/mol. The van der Waals surface area contributed by atoms with Gasteiger partial charge in [-0.3, -0.25) is 24.6 Å². The molecular formula is C16H16N2O8S. The van der Waals surface area contributed by atoms with Gasteiger partial charge in [-0.1, -0.05) is 0 Å². The zero-order valence-electron chi connectivity index (χ0n) is 14.6. The second kappa shape index (κ2) is 8.08. The second-order valence-corrected chi connectivity index (χ2v) is 6.32. The van der Waals surface area contributed by atoms with Crippen LogP contribution >= 0.6 is 11.8 Å². The third kappa shape index (κ3) is 4.03. The molecule has 0 aliphatic carbocycles. The van der Waals surface area contributed by atoms with Crippen LogP contribution < -0.4 is 4.74 Å². The number of ether oxygens (including phenoxy) is 2. The average molecular weight is 396 g/mol. The molecule has 2 rings (SSSR count). The minimum atomic E-state index is -1.13. The Morgan fingerprint density at radius 1 is 1.44 bits per heavy atom. The lowest BCUT2D eigenvalue weighted by Crippen LogP contribution is -2.42. The molecule has 1 aliphatic heterocycles. The van der Waals surface area contributed by atoms with E-state index < -0.39 is 33.8 Å². The summed E-state index contributed by atoms with van der Waals surface area (Å²) in [6.07, 6.45) is 1.14. The van der Waals surface area contributed by atoms with E-state index in [2.05, 4.69) is 4.74 Å². The first kappa shape index (κ1) is 20.2. The first-order chi connectivity index (χ1) is 12.7. The zero-order chi connectivity index (χ0) is 20.3. The molecule has 0 bridgehead atoms. The van der Waals surface area contributed by atoms with Gasteiger partial charge < -0.3 is 14.6 Å². The maximum absolute atomic E-state index is 12.5. The lowest BCUT2D eigenvalue weighted by Gasteiger charge is -2.18. The number of aromatic hydroxyl groups is 1. The van der Waals surface area contributed by atoms with Gasteiger partial charge in [0.1, 0.15) is 6.04 Å². The second-order valence-electron chi connectivity index (χ2n) is 5.32. The number of imide groups is 1. The Hall–Kier alpha value is -3.08. The number of phenols is 1. The van der Waals surface area contributed by atoms with Gasteiger partial charge in [0.15, 0.2) is 11.5 Å². The molecule has 2 amide bonds. The van der Waals surface area contributed by atoms with Crippen LogP contribution in [0.3, 0.4) is 0 Å². The smallest absolute Gasteiger partial charge is 0.328 e. The van der Waals surface area contributed by atoms with Crippen LogP contribution in [-0.4, -0.2) is 51.8 Å². The number of methoxy groups -OCH3 is 1. The Morgan fingerprint density at radius 2 is 2.11 bits per heavy atom. The number of hydrogen-bond acceptors (Lipinski definition) is 9. The molecule has 0 saturated carbocycles. The van der Waals surface area contributed by atoms with E-state index in [0.717, 1.165) is 30.2 Å². The molecule has 1 aromatic carbocycles. The molecule has 144 valence electrons. The van der Waals surface area contributed by atoms with Gasteiger partial charge in [0.2, 0.25) is 0 Å². The quantitative estimate of drug-likeness (QED) is 0.332. The summed E-state index contributed by atoms with van der Waals surface area (Å²) in [5.41, 5.74) is -0.423. The molecule has 1 aliphatic rings. The van der Waals surface area contributed by atoms with Crippen molar-refractivity contribution in [2.45, 2.75) is 19.9 Å². The third-order valence-corrected chi connectivity index (χ3v) is 4.52. The number of nitrogens with zero attached hydrogens (tertiary/aromatic N) is 2. The number of nitro benzene ring substituents is 1. The monoisotopic (exact) mass is 396 g/mol. The van der Waals surface area contributed by atoms with Gasteiger partial charge in [-0.2, -0.15) is 0 Å². The van der Waals surface area contributed by atoms with Crippen molar-refractivity contribution in [3.8, 4) is 11.5 Å². The highest BCUT2D eigenvalue weighted by atomic mass is 32.2. The molecule has 1 saturated heterocycles. The van der Waals surface area contributed by atoms with Crippen molar-refractivity contribution >= 4 is 40.6 Å². The highest BCUT2D eigenvalue weighted by Gasteiger charge is 2.41. The maximum Gasteiger partial charge on any atom is 0.328 e. The summed E-state index contributed by atoms with van der Waals surface area (Å²) in [5, 5.41) is 20.6. The van der Waals surface area contributed by atoms with Gasteiger partial charge in [-0.15, -0.1) is 0 Å². The lowest BCUT2D eigenvalue weighted by atomic mass is 10.1. The zero-order valence-corrected chi connectivity index (χ0v) is 15.4. The van der Waals surface area contributed by atoms with Crippen LogP contribution in [0.2, 0.25) is 0 Å². The molecule has 0 aromatic heterocycles. The van der Waals surface area contributed by atoms with Gasteiger partial charge in [0.25, 0.3) is 16.8 Å². The van der Waals surface area contributed by atoms with E-state index in [1.807, 2.05) is 0 Å². The molecule has 10 nitrogen and oxygen atoms in total. The number of carbonyl (C=O) groups is 3. The summed E-state index contributed by atoms with van der Waals surface area (Å²) in [6.45, 7) is 3.13. The molecule has 0 spiro atoms. The maximum atomic E-state index is 12.5. The normalized spacial score (nSPS) is 16.6. The number of hydrogen-bond donors (Lipinski definition) is 1. The van der Waals surface area contributed by atoms with Gasteiger partial charge in [-0.05, 0) is 31.7 Å². The van der Waals surface area contributed by atoms with Crippen LogP contribution in [-0.2, 0) is 14.3 Å². The van der Waals surface area contributed by atoms with E-state index in [1.54, 1.807) is 6.92 Å². The molecule has 11 heteroatoms. The first-order valence-electron chi connectivity index (χ1n) is 7.70. The number of rotatable bonds is 6. The van der Waals surface area contributed by atoms with Crippen LogP contribution in [0.4, 0.5) is 10.5 Å². The predicted molar refractivity (Wildman–Crippen MR) is 95.2 cm³/mol. The Morgan fingerprint density at radius 3 is 2.67 bits per heavy atom. The van der Waals surface area contributed by atoms with Crippen LogP contribution in [0.5, 0.6) is 11.5 Å². The minimum absolute atomic E-state index is 0.0659. The highest BCUT2D eigenvalue weighted by molar-refractivity contribution is 8.18. The Balaban J connectivity index is 2.47. The Labute approximate surface area is 157 Å². The van der Waals surface area contributed by atoms with Gasteiger partial charge in [-0.25, -0.2) is 4.79 Å². The van der Waals surface area contributed by atoms with E-state index in [9.17, 15) is 29.6 Å². The molecule has 0 unspecified atom stereocenters. The standard InChI is InChI=1S/C16H16N2O8S/c1-4-26-11-7-10(18(23)24)5-9(13(11)19)6-12-14(20)17(16(22)27-12)8(2)15(21)25-3/h5-8,19H,4H2,1-3H3/b12-6+/t8-/m1/s1. The Bertz CT molecular complexity index is 851. The van der Waals surface area contributed by atoms with Crippen molar-refractivity contribution in [2.75, 3.05) is 13.7 Å². The van der Waals surface area contributed by atoms with Crippen LogP contribution in [0.1, 0.15) is 19.4 Å². The minimum Gasteiger partial charge on any atom is -0.504 e. The molecule has 1 heterocycles. The number of phenolic OH excluding ortho intramolecular Hbond substituents is 1. The molecule has 27 heavy (non-hydrogen) atoms. The van der Waals surface area contributed by atoms with E-state index in [1.165, 1.54) is 6.92 Å². The van der Waals surface area contributed by atoms with Crippen molar-refractivity contribution in [3.63, 3.8) is 0 Å². The first-order valence-corrected chi connectivity index (χ1v) is 8.52. The fraction of sp³-hybridized carbons (Fsp3) is 0.312. The summed E-state index contributed by atoms with van der Waals surface area (Å²) < 4.78 is 9.71. The molecule has 1 atom stereocenters. The predicted octanol–water partition coefficient (Wildman–Crippen LogP) is 2.30. The number of esters is 1. The summed E-state index contributed by atoms with van der Waals surface area (Å²) in [6, 6.07) is 0.975. The molecule has 1 aromatic rings. The van der Waals surface area contributed by atoms with Crippen molar-refractivity contribution in [2.24, 2.45) is 0 Å². The summed E-state index contributed by atoms with van der Waals surface area (Å²) >= 11 is 0.544. The average Bonchev–Trinajstić information content (AvgIpc) is 2.90. The van der Waals surface area contributed by atoms with Gasteiger partial charge in [0.05, 0.1) is 29.6 Å². The number of amides is 2. The SMILES string of the molecule is CCOc1cc([N+](=O)[O-])cc(/C=C2/SC(=O)N([C@H](C)C(=O)OC)C2=O)c1O. The van der Waals surface area contributed by atoms with E-state index in [4.69, 9.17) is 4.74 Å². The number of benzene rings is 1. The summed E-state index contributed by atoms with van der Waals surface area (Å²) in [5.74, 6) is -2.07. The van der Waals surface area contributed by atoms with E-state index in [-0.39, 0.29) is 28.5 Å². The topological polar surface area (TPSA) is 136 Å². The van der Waals surface area contributed by atoms with Crippen LogP contribution in [0, 0.1) is 10.1 Å². The summed E-state index contributed by atoms with van der Waals surface area (Å²) in [7, 11) is 1.13. The molecule has 0 radical (unpaired) electrons. The van der Waals surface area contributed by atoms with Crippen molar-refractivity contribution in [1.29, 1.82) is 0 Å². The van der Waals surface area contributed by atoms with Crippen molar-refractivity contribution in [1.82, 2.24) is 4.90 Å². The number of non-ortho nitro benzene ring substituents is 1. The van der Waals surface area contributed by atoms with Crippen molar-refractivity contribution < 1.29 is 33.9 Å².